The van der Waals surface area contributed by atoms with Crippen LogP contribution in [0.1, 0.15) is 12.8 Å². The van der Waals surface area contributed by atoms with Crippen LogP contribution in [0.25, 0.3) is 10.9 Å². The number of carbonyl (C=O) groups excluding carboxylic acids is 2. The molecule has 4 rings (SSSR count). The fourth-order valence-electron chi connectivity index (χ4n) is 3.17. The second-order valence-corrected chi connectivity index (χ2v) is 8.50. The van der Waals surface area contributed by atoms with Crippen molar-refractivity contribution in [3.05, 3.63) is 59.8 Å². The maximum absolute atomic E-state index is 12.3. The number of para-hydroxylation sites is 1. The number of thioether (sulfide) groups is 1. The number of nitrogens with zero attached hydrogens (tertiary/aromatic N) is 1. The van der Waals surface area contributed by atoms with E-state index in [4.69, 9.17) is 16.3 Å². The Labute approximate surface area is 183 Å². The van der Waals surface area contributed by atoms with Crippen molar-refractivity contribution in [3.63, 3.8) is 0 Å². The Kier molecular flexibility index (Phi) is 6.40. The first kappa shape index (κ1) is 20.5. The third-order valence-corrected chi connectivity index (χ3v) is 6.14. The monoisotopic (exact) mass is 441 g/mol. The molecular weight excluding hydrogens is 422 g/mol. The lowest BCUT2D eigenvalue weighted by molar-refractivity contribution is -0.124. The number of halogens is 1. The quantitative estimate of drug-likeness (QED) is 0.535. The van der Waals surface area contributed by atoms with Gasteiger partial charge in [-0.1, -0.05) is 29.8 Å². The van der Waals surface area contributed by atoms with Crippen LogP contribution in [0.4, 0.5) is 5.69 Å². The summed E-state index contributed by atoms with van der Waals surface area (Å²) in [6.45, 7) is 0.936. The molecule has 2 heterocycles. The van der Waals surface area contributed by atoms with Crippen molar-refractivity contribution >= 4 is 51.8 Å². The minimum absolute atomic E-state index is 0.118. The Balaban J connectivity index is 1.22. The van der Waals surface area contributed by atoms with Crippen molar-refractivity contribution in [1.82, 2.24) is 10.3 Å². The molecule has 2 N–H and O–H groups in total. The second kappa shape index (κ2) is 9.36. The molecule has 0 aliphatic carbocycles. The van der Waals surface area contributed by atoms with Gasteiger partial charge in [-0.15, -0.1) is 11.8 Å². The van der Waals surface area contributed by atoms with E-state index in [0.29, 0.717) is 30.3 Å². The summed E-state index contributed by atoms with van der Waals surface area (Å²) < 4.78 is 5.82. The fraction of sp³-hybridized carbons (Fsp3) is 0.227. The van der Waals surface area contributed by atoms with Gasteiger partial charge in [0.1, 0.15) is 11.3 Å². The van der Waals surface area contributed by atoms with Crippen LogP contribution in [0, 0.1) is 0 Å². The van der Waals surface area contributed by atoms with Crippen molar-refractivity contribution in [1.29, 1.82) is 0 Å². The summed E-state index contributed by atoms with van der Waals surface area (Å²) in [7, 11) is 0. The van der Waals surface area contributed by atoms with Crippen LogP contribution >= 0.6 is 23.4 Å². The molecule has 0 spiro atoms. The molecule has 1 aliphatic heterocycles. The van der Waals surface area contributed by atoms with Gasteiger partial charge in [0.05, 0.1) is 17.5 Å². The van der Waals surface area contributed by atoms with Crippen molar-refractivity contribution in [2.24, 2.45) is 0 Å². The number of pyridine rings is 1. The average Bonchev–Trinajstić information content (AvgIpc) is 2.74. The maximum atomic E-state index is 12.3. The zero-order valence-electron chi connectivity index (χ0n) is 16.1. The van der Waals surface area contributed by atoms with Gasteiger partial charge in [0.2, 0.25) is 11.8 Å². The van der Waals surface area contributed by atoms with Crippen LogP contribution in [-0.2, 0) is 9.59 Å². The van der Waals surface area contributed by atoms with Gasteiger partial charge in [0.15, 0.2) is 0 Å². The molecule has 0 saturated heterocycles. The highest BCUT2D eigenvalue weighted by Crippen LogP contribution is 2.38. The van der Waals surface area contributed by atoms with Gasteiger partial charge in [-0.3, -0.25) is 14.6 Å². The molecule has 0 saturated carbocycles. The number of fused-ring (bicyclic) bond motifs is 2. The van der Waals surface area contributed by atoms with E-state index in [1.807, 2.05) is 36.4 Å². The largest absolute Gasteiger partial charge is 0.491 e. The highest BCUT2D eigenvalue weighted by Gasteiger charge is 2.29. The van der Waals surface area contributed by atoms with E-state index in [0.717, 1.165) is 21.5 Å². The van der Waals surface area contributed by atoms with Crippen LogP contribution in [0.15, 0.2) is 59.6 Å². The number of hydrogen-bond acceptors (Lipinski definition) is 5. The summed E-state index contributed by atoms with van der Waals surface area (Å²) in [6, 6.07) is 15.0. The van der Waals surface area contributed by atoms with Gasteiger partial charge in [-0.25, -0.2) is 0 Å². The van der Waals surface area contributed by atoms with E-state index < -0.39 is 5.25 Å². The van der Waals surface area contributed by atoms with E-state index in [-0.39, 0.29) is 18.2 Å². The molecule has 30 heavy (non-hydrogen) atoms. The molecular formula is C22H20ClN3O3S. The third-order valence-electron chi connectivity index (χ3n) is 4.63. The van der Waals surface area contributed by atoms with E-state index in [2.05, 4.69) is 15.6 Å². The summed E-state index contributed by atoms with van der Waals surface area (Å²) >= 11 is 7.34. The predicted octanol–water partition coefficient (Wildman–Crippen LogP) is 4.28. The van der Waals surface area contributed by atoms with E-state index in [1.165, 1.54) is 11.8 Å². The van der Waals surface area contributed by atoms with Gasteiger partial charge in [0, 0.05) is 34.5 Å². The Morgan fingerprint density at radius 3 is 3.00 bits per heavy atom. The van der Waals surface area contributed by atoms with Crippen LogP contribution in [0.2, 0.25) is 5.02 Å². The molecule has 2 aromatic carbocycles. The van der Waals surface area contributed by atoms with Crippen molar-refractivity contribution in [2.75, 3.05) is 18.5 Å². The molecule has 1 aromatic heterocycles. The van der Waals surface area contributed by atoms with Crippen LogP contribution < -0.4 is 15.4 Å². The first-order chi connectivity index (χ1) is 14.6. The van der Waals surface area contributed by atoms with Crippen molar-refractivity contribution in [2.45, 2.75) is 23.0 Å². The molecule has 154 valence electrons. The number of carbonyl (C=O) groups is 2. The average molecular weight is 442 g/mol. The lowest BCUT2D eigenvalue weighted by atomic mass is 10.2. The summed E-state index contributed by atoms with van der Waals surface area (Å²) in [5, 5.41) is 6.80. The van der Waals surface area contributed by atoms with Crippen molar-refractivity contribution in [3.8, 4) is 5.75 Å². The number of nitrogens with one attached hydrogen (secondary N) is 2. The van der Waals surface area contributed by atoms with Crippen molar-refractivity contribution < 1.29 is 14.3 Å². The Hall–Kier alpha value is -2.77. The summed E-state index contributed by atoms with van der Waals surface area (Å²) in [4.78, 5) is 29.8. The fourth-order valence-corrected chi connectivity index (χ4v) is 4.44. The Morgan fingerprint density at radius 1 is 1.23 bits per heavy atom. The second-order valence-electron chi connectivity index (χ2n) is 6.82. The smallest absolute Gasteiger partial charge is 0.238 e. The molecule has 1 aliphatic rings. The lowest BCUT2D eigenvalue weighted by Crippen LogP contribution is -2.35. The topological polar surface area (TPSA) is 80.3 Å². The van der Waals surface area contributed by atoms with Gasteiger partial charge < -0.3 is 15.4 Å². The first-order valence-corrected chi connectivity index (χ1v) is 10.9. The lowest BCUT2D eigenvalue weighted by Gasteiger charge is -2.23. The molecule has 3 aromatic rings. The molecule has 1 unspecified atom stereocenters. The maximum Gasteiger partial charge on any atom is 0.238 e. The third kappa shape index (κ3) is 4.86. The highest BCUT2D eigenvalue weighted by molar-refractivity contribution is 8.01. The van der Waals surface area contributed by atoms with Gasteiger partial charge in [0.25, 0.3) is 0 Å². The standard InChI is InChI=1S/C22H20ClN3O3S/c23-15-7-8-18-16(12-15)26-22(28)19(30-18)13-20(27)24-10-3-11-29-17-6-1-4-14-5-2-9-25-21(14)17/h1-2,4-9,12,19H,3,10-11,13H2,(H,24,27)(H,26,28). The number of ether oxygens (including phenoxy) is 1. The summed E-state index contributed by atoms with van der Waals surface area (Å²) in [6.07, 6.45) is 2.51. The zero-order valence-corrected chi connectivity index (χ0v) is 17.6. The number of hydrogen-bond donors (Lipinski definition) is 2. The Morgan fingerprint density at radius 2 is 2.10 bits per heavy atom. The van der Waals surface area contributed by atoms with E-state index in [9.17, 15) is 9.59 Å². The van der Waals surface area contributed by atoms with Gasteiger partial charge in [-0.2, -0.15) is 0 Å². The molecule has 0 fully saturated rings. The number of rotatable bonds is 7. The molecule has 6 nitrogen and oxygen atoms in total. The number of aromatic nitrogens is 1. The van der Waals surface area contributed by atoms with E-state index >= 15 is 0 Å². The molecule has 8 heteroatoms. The van der Waals surface area contributed by atoms with E-state index in [1.54, 1.807) is 18.3 Å². The SMILES string of the molecule is O=C(CC1Sc2ccc(Cl)cc2NC1=O)NCCCOc1cccc2cccnc12. The molecule has 0 bridgehead atoms. The van der Waals surface area contributed by atoms with Gasteiger partial charge >= 0.3 is 0 Å². The zero-order chi connectivity index (χ0) is 20.9. The predicted molar refractivity (Wildman–Crippen MR) is 119 cm³/mol. The molecule has 0 radical (unpaired) electrons. The minimum Gasteiger partial charge on any atom is -0.491 e. The molecule has 2 amide bonds. The number of anilines is 1. The summed E-state index contributed by atoms with van der Waals surface area (Å²) in [5.74, 6) is 0.386. The summed E-state index contributed by atoms with van der Waals surface area (Å²) in [5.41, 5.74) is 1.51. The molecule has 1 atom stereocenters. The highest BCUT2D eigenvalue weighted by atomic mass is 35.5. The Bertz CT molecular complexity index is 1090. The van der Waals surface area contributed by atoms with Crippen LogP contribution in [0.3, 0.4) is 0 Å². The minimum atomic E-state index is -0.461. The number of amides is 2. The normalized spacial score (nSPS) is 15.4. The number of benzene rings is 2. The first-order valence-electron chi connectivity index (χ1n) is 9.60. The van der Waals surface area contributed by atoms with Gasteiger partial charge in [-0.05, 0) is 36.8 Å². The van der Waals surface area contributed by atoms with Crippen LogP contribution in [0.5, 0.6) is 5.75 Å². The van der Waals surface area contributed by atoms with Crippen LogP contribution in [-0.4, -0.2) is 35.2 Å².